The van der Waals surface area contributed by atoms with Crippen molar-refractivity contribution in [3.63, 3.8) is 0 Å². The van der Waals surface area contributed by atoms with Gasteiger partial charge in [0.1, 0.15) is 0 Å². The van der Waals surface area contributed by atoms with Crippen LogP contribution >= 0.6 is 0 Å². The van der Waals surface area contributed by atoms with Gasteiger partial charge in [-0.1, -0.05) is 53.4 Å². The molecular formula is C28H40O4Sn. The van der Waals surface area contributed by atoms with Crippen LogP contribution in [-0.4, -0.2) is 33.1 Å². The molecule has 5 heteroatoms. The van der Waals surface area contributed by atoms with Crippen LogP contribution in [0.5, 0.6) is 0 Å². The van der Waals surface area contributed by atoms with Crippen LogP contribution in [0.1, 0.15) is 79.1 Å². The number of unbranched alkanes of at least 4 members (excludes halogenated alkanes) is 2. The maximum atomic E-state index is 10.3. The van der Waals surface area contributed by atoms with E-state index in [4.69, 9.17) is 0 Å². The summed E-state index contributed by atoms with van der Waals surface area (Å²) in [6.07, 6.45) is 7.04. The van der Waals surface area contributed by atoms with Crippen molar-refractivity contribution in [2.75, 3.05) is 0 Å². The Morgan fingerprint density at radius 1 is 0.667 bits per heavy atom. The minimum atomic E-state index is -0.893. The van der Waals surface area contributed by atoms with Crippen molar-refractivity contribution in [3.8, 4) is 0 Å². The van der Waals surface area contributed by atoms with E-state index in [0.717, 1.165) is 38.5 Å². The van der Waals surface area contributed by atoms with Crippen LogP contribution in [-0.2, 0) is 9.59 Å². The quantitative estimate of drug-likeness (QED) is 0.374. The Kier molecular flexibility index (Phi) is 19.6. The standard InChI is InChI=1S/2C8H16O2.2C6H5.Sn/c2*1-3-5-6-7(4-2)8(9)10;2*1-2-4-6-5-3-1;/h2*7H,3-6H2,1-2H3,(H,9,10);2*1-5H;/q;;;;+2/p-2. The molecule has 0 bridgehead atoms. The van der Waals surface area contributed by atoms with Crippen LogP contribution in [0.4, 0.5) is 0 Å². The second-order valence-corrected chi connectivity index (χ2v) is 12.0. The molecule has 0 N–H and O–H groups in total. The summed E-state index contributed by atoms with van der Waals surface area (Å²) in [4.78, 5) is 20.7. The summed E-state index contributed by atoms with van der Waals surface area (Å²) in [5.74, 6) is -2.23. The van der Waals surface area contributed by atoms with Gasteiger partial charge in [-0.15, -0.1) is 0 Å². The molecule has 0 heterocycles. The van der Waals surface area contributed by atoms with Crippen LogP contribution in [0, 0.1) is 11.8 Å². The number of hydrogen-bond acceptors (Lipinski definition) is 4. The third-order valence-electron chi connectivity index (χ3n) is 5.30. The van der Waals surface area contributed by atoms with Crippen LogP contribution in [0.2, 0.25) is 0 Å². The second kappa shape index (κ2) is 20.8. The maximum absolute atomic E-state index is 10.3. The van der Waals surface area contributed by atoms with Gasteiger partial charge in [0, 0.05) is 11.9 Å². The number of carboxylic acid groups (broad SMARTS) is 2. The van der Waals surface area contributed by atoms with Crippen LogP contribution in [0.25, 0.3) is 0 Å². The van der Waals surface area contributed by atoms with Gasteiger partial charge in [0.25, 0.3) is 0 Å². The van der Waals surface area contributed by atoms with Gasteiger partial charge in [-0.3, -0.25) is 0 Å². The molecule has 0 saturated heterocycles. The molecule has 180 valence electrons. The molecule has 0 spiro atoms. The number of hydrogen-bond donors (Lipinski definition) is 0. The summed E-state index contributed by atoms with van der Waals surface area (Å²) in [7, 11) is 0. The molecular weight excluding hydrogens is 519 g/mol. The molecule has 0 aliphatic heterocycles. The van der Waals surface area contributed by atoms with E-state index in [9.17, 15) is 19.8 Å². The van der Waals surface area contributed by atoms with Gasteiger partial charge in [-0.05, 0) is 37.5 Å². The number of aliphatic carboxylic acids is 2. The van der Waals surface area contributed by atoms with Gasteiger partial charge in [0.05, 0.1) is 0 Å². The molecule has 2 aromatic carbocycles. The van der Waals surface area contributed by atoms with E-state index in [2.05, 4.69) is 74.5 Å². The van der Waals surface area contributed by atoms with Crippen molar-refractivity contribution < 1.29 is 19.8 Å². The number of rotatable bonds is 12. The third-order valence-corrected chi connectivity index (χ3v) is 8.85. The average Bonchev–Trinajstić information content (AvgIpc) is 2.82. The molecule has 0 aliphatic rings. The third kappa shape index (κ3) is 16.4. The van der Waals surface area contributed by atoms with Gasteiger partial charge < -0.3 is 19.8 Å². The molecule has 0 amide bonds. The van der Waals surface area contributed by atoms with Crippen molar-refractivity contribution in [1.29, 1.82) is 0 Å². The Morgan fingerprint density at radius 3 is 1.24 bits per heavy atom. The van der Waals surface area contributed by atoms with E-state index in [1.54, 1.807) is 0 Å². The van der Waals surface area contributed by atoms with Gasteiger partial charge in [0.2, 0.25) is 0 Å². The van der Waals surface area contributed by atoms with Crippen molar-refractivity contribution >= 4 is 40.2 Å². The molecule has 0 saturated carbocycles. The monoisotopic (exact) mass is 560 g/mol. The van der Waals surface area contributed by atoms with E-state index >= 15 is 0 Å². The van der Waals surface area contributed by atoms with Crippen LogP contribution in [0.3, 0.4) is 0 Å². The Labute approximate surface area is 211 Å². The molecule has 2 rings (SSSR count). The first-order valence-corrected chi connectivity index (χ1v) is 15.0. The van der Waals surface area contributed by atoms with Crippen molar-refractivity contribution in [2.24, 2.45) is 11.8 Å². The average molecular weight is 559 g/mol. The summed E-state index contributed by atoms with van der Waals surface area (Å²) in [6, 6.07) is 21.6. The molecule has 0 aromatic heterocycles. The first-order chi connectivity index (χ1) is 15.9. The molecule has 0 fully saturated rings. The van der Waals surface area contributed by atoms with Crippen LogP contribution in [0.15, 0.2) is 60.7 Å². The van der Waals surface area contributed by atoms with E-state index in [1.807, 2.05) is 13.8 Å². The fraction of sp³-hybridized carbons (Fsp3) is 0.500. The van der Waals surface area contributed by atoms with E-state index in [-0.39, 0.29) is 11.8 Å². The first-order valence-electron chi connectivity index (χ1n) is 12.2. The van der Waals surface area contributed by atoms with Crippen molar-refractivity contribution in [1.82, 2.24) is 0 Å². The predicted molar refractivity (Wildman–Crippen MR) is 135 cm³/mol. The summed E-state index contributed by atoms with van der Waals surface area (Å²) < 4.78 is 3.08. The topological polar surface area (TPSA) is 80.3 Å². The molecule has 2 atom stereocenters. The Bertz CT molecular complexity index is 671. The zero-order chi connectivity index (χ0) is 24.9. The Hall–Kier alpha value is -1.82. The van der Waals surface area contributed by atoms with Crippen LogP contribution < -0.4 is 17.4 Å². The van der Waals surface area contributed by atoms with Gasteiger partial charge in [0.15, 0.2) is 0 Å². The summed E-state index contributed by atoms with van der Waals surface area (Å²) in [5.41, 5.74) is 0. The fourth-order valence-electron chi connectivity index (χ4n) is 3.09. The Morgan fingerprint density at radius 2 is 1.00 bits per heavy atom. The minimum absolute atomic E-state index is 0.222. The molecule has 2 unspecified atom stereocenters. The van der Waals surface area contributed by atoms with E-state index in [1.165, 1.54) is 7.16 Å². The van der Waals surface area contributed by atoms with E-state index in [0.29, 0.717) is 12.8 Å². The summed E-state index contributed by atoms with van der Waals surface area (Å²) >= 11 is -0.517. The molecule has 0 radical (unpaired) electrons. The molecule has 4 nitrogen and oxygen atoms in total. The number of carboxylic acids is 2. The fourth-order valence-corrected chi connectivity index (χ4v) is 6.09. The normalized spacial score (nSPS) is 11.5. The summed E-state index contributed by atoms with van der Waals surface area (Å²) in [6.45, 7) is 7.89. The molecule has 33 heavy (non-hydrogen) atoms. The second-order valence-electron chi connectivity index (χ2n) is 7.99. The summed E-state index contributed by atoms with van der Waals surface area (Å²) in [5, 5.41) is 20.7. The zero-order valence-corrected chi connectivity index (χ0v) is 23.6. The number of carbonyl (C=O) groups excluding carboxylic acids is 2. The van der Waals surface area contributed by atoms with E-state index < -0.39 is 33.1 Å². The van der Waals surface area contributed by atoms with Gasteiger partial charge >= 0.3 is 89.0 Å². The number of benzene rings is 2. The molecule has 2 aromatic rings. The first kappa shape index (κ1) is 31.2. The zero-order valence-electron chi connectivity index (χ0n) is 20.7. The van der Waals surface area contributed by atoms with Crippen molar-refractivity contribution in [2.45, 2.75) is 79.1 Å². The SMILES string of the molecule is CCCCC(CC)C(=O)[O-].CCCCC(CC)C(=O)[O-].c1cc[c]([Sn+2][c]2ccccc2)cc1. The number of carbonyl (C=O) groups is 2. The Balaban J connectivity index is 0.000000474. The predicted octanol–water partition coefficient (Wildman–Crippen LogP) is 3.25. The van der Waals surface area contributed by atoms with Gasteiger partial charge in [-0.25, -0.2) is 0 Å². The van der Waals surface area contributed by atoms with Gasteiger partial charge in [-0.2, -0.15) is 0 Å². The molecule has 0 aliphatic carbocycles. The van der Waals surface area contributed by atoms with Crippen molar-refractivity contribution in [3.05, 3.63) is 60.7 Å².